The van der Waals surface area contributed by atoms with Gasteiger partial charge in [-0.25, -0.2) is 0 Å². The summed E-state index contributed by atoms with van der Waals surface area (Å²) in [5.74, 6) is 0.583. The minimum atomic E-state index is -0.103. The fourth-order valence-corrected chi connectivity index (χ4v) is 3.15. The van der Waals surface area contributed by atoms with Crippen molar-refractivity contribution in [3.63, 3.8) is 0 Å². The number of halogens is 3. The van der Waals surface area contributed by atoms with E-state index in [1.165, 1.54) is 0 Å². The first kappa shape index (κ1) is 18.6. The predicted molar refractivity (Wildman–Crippen MR) is 90.5 cm³/mol. The summed E-state index contributed by atoms with van der Waals surface area (Å²) < 4.78 is 0. The third-order valence-electron chi connectivity index (χ3n) is 3.74. The zero-order chi connectivity index (χ0) is 14.5. The second-order valence-corrected chi connectivity index (χ2v) is 6.20. The lowest BCUT2D eigenvalue weighted by Crippen LogP contribution is -2.33. The maximum atomic E-state index is 12.1. The zero-order valence-electron chi connectivity index (χ0n) is 12.0. The maximum Gasteiger partial charge on any atom is 0.220 e. The zero-order valence-corrected chi connectivity index (χ0v) is 14.3. The molecule has 21 heavy (non-hydrogen) atoms. The van der Waals surface area contributed by atoms with Gasteiger partial charge in [-0.3, -0.25) is 4.79 Å². The normalized spacial score (nSPS) is 16.9. The van der Waals surface area contributed by atoms with Crippen LogP contribution in [0.15, 0.2) is 18.2 Å². The van der Waals surface area contributed by atoms with Gasteiger partial charge in [0.2, 0.25) is 5.91 Å². The van der Waals surface area contributed by atoms with E-state index in [0.717, 1.165) is 31.5 Å². The number of amides is 1. The standard InChI is InChI=1S/C15H20Cl2N2O.ClH/c1-10(13-3-2-12(16)9-14(13)17)19-15(20)8-11-4-6-18-7-5-11;/h2-3,9-11,18H,4-8H2,1H3,(H,19,20);1H. The summed E-state index contributed by atoms with van der Waals surface area (Å²) in [7, 11) is 0. The average molecular weight is 352 g/mol. The van der Waals surface area contributed by atoms with Crippen LogP contribution >= 0.6 is 35.6 Å². The fraction of sp³-hybridized carbons (Fsp3) is 0.533. The second-order valence-electron chi connectivity index (χ2n) is 5.35. The van der Waals surface area contributed by atoms with E-state index in [1.54, 1.807) is 12.1 Å². The summed E-state index contributed by atoms with van der Waals surface area (Å²) in [6.45, 7) is 3.96. The quantitative estimate of drug-likeness (QED) is 0.861. The van der Waals surface area contributed by atoms with Gasteiger partial charge < -0.3 is 10.6 Å². The lowest BCUT2D eigenvalue weighted by Gasteiger charge is -2.23. The van der Waals surface area contributed by atoms with E-state index in [2.05, 4.69) is 10.6 Å². The Labute approximate surface area is 142 Å². The van der Waals surface area contributed by atoms with Crippen LogP contribution in [0.5, 0.6) is 0 Å². The Kier molecular flexibility index (Phi) is 7.82. The molecule has 1 aliphatic heterocycles. The molecule has 2 rings (SSSR count). The van der Waals surface area contributed by atoms with Crippen LogP contribution in [0.2, 0.25) is 10.0 Å². The van der Waals surface area contributed by atoms with Gasteiger partial charge >= 0.3 is 0 Å². The SMILES string of the molecule is CC(NC(=O)CC1CCNCC1)c1ccc(Cl)cc1Cl.Cl. The number of benzene rings is 1. The highest BCUT2D eigenvalue weighted by Gasteiger charge is 2.19. The van der Waals surface area contributed by atoms with Gasteiger partial charge in [-0.2, -0.15) is 0 Å². The summed E-state index contributed by atoms with van der Waals surface area (Å²) in [6, 6.07) is 5.25. The Bertz CT molecular complexity index is 476. The van der Waals surface area contributed by atoms with Crippen LogP contribution in [0.4, 0.5) is 0 Å². The van der Waals surface area contributed by atoms with Crippen molar-refractivity contribution in [1.29, 1.82) is 0 Å². The molecule has 1 aromatic rings. The van der Waals surface area contributed by atoms with Crippen LogP contribution < -0.4 is 10.6 Å². The number of piperidine rings is 1. The molecule has 3 nitrogen and oxygen atoms in total. The summed E-state index contributed by atoms with van der Waals surface area (Å²) in [5.41, 5.74) is 0.898. The predicted octanol–water partition coefficient (Wildman–Crippen LogP) is 3.98. The van der Waals surface area contributed by atoms with E-state index in [1.807, 2.05) is 13.0 Å². The third kappa shape index (κ3) is 5.67. The molecule has 1 aliphatic rings. The summed E-state index contributed by atoms with van der Waals surface area (Å²) in [6.07, 6.45) is 2.74. The van der Waals surface area contributed by atoms with Crippen molar-refractivity contribution in [3.05, 3.63) is 33.8 Å². The van der Waals surface area contributed by atoms with Gasteiger partial charge in [0.1, 0.15) is 0 Å². The molecule has 0 saturated carbocycles. The van der Waals surface area contributed by atoms with Gasteiger partial charge in [-0.05, 0) is 56.5 Å². The molecule has 0 aliphatic carbocycles. The van der Waals surface area contributed by atoms with Crippen molar-refractivity contribution in [2.24, 2.45) is 5.92 Å². The van der Waals surface area contributed by atoms with Crippen LogP contribution in [0.3, 0.4) is 0 Å². The van der Waals surface area contributed by atoms with E-state index >= 15 is 0 Å². The minimum absolute atomic E-state index is 0. The molecule has 118 valence electrons. The van der Waals surface area contributed by atoms with E-state index in [9.17, 15) is 4.79 Å². The van der Waals surface area contributed by atoms with Crippen LogP contribution in [0.1, 0.15) is 37.8 Å². The monoisotopic (exact) mass is 350 g/mol. The van der Waals surface area contributed by atoms with E-state index in [0.29, 0.717) is 22.4 Å². The maximum absolute atomic E-state index is 12.1. The fourth-order valence-electron chi connectivity index (χ4n) is 2.58. The molecular formula is C15H21Cl3N2O. The highest BCUT2D eigenvalue weighted by atomic mass is 35.5. The molecule has 1 heterocycles. The molecule has 0 spiro atoms. The Morgan fingerprint density at radius 1 is 1.38 bits per heavy atom. The molecule has 1 fully saturated rings. The number of hydrogen-bond acceptors (Lipinski definition) is 2. The van der Waals surface area contributed by atoms with Gasteiger partial charge in [0.25, 0.3) is 0 Å². The smallest absolute Gasteiger partial charge is 0.220 e. The average Bonchev–Trinajstić information content (AvgIpc) is 2.39. The number of carbonyl (C=O) groups is 1. The number of nitrogens with one attached hydrogen (secondary N) is 2. The summed E-state index contributed by atoms with van der Waals surface area (Å²) >= 11 is 12.0. The Hall–Kier alpha value is -0.480. The first-order chi connectivity index (χ1) is 9.56. The Morgan fingerprint density at radius 2 is 2.05 bits per heavy atom. The Balaban J connectivity index is 0.00000220. The third-order valence-corrected chi connectivity index (χ3v) is 4.30. The van der Waals surface area contributed by atoms with Crippen molar-refractivity contribution in [2.45, 2.75) is 32.2 Å². The van der Waals surface area contributed by atoms with Crippen molar-refractivity contribution in [1.82, 2.24) is 10.6 Å². The van der Waals surface area contributed by atoms with Crippen molar-refractivity contribution in [3.8, 4) is 0 Å². The van der Waals surface area contributed by atoms with E-state index < -0.39 is 0 Å². The van der Waals surface area contributed by atoms with E-state index in [4.69, 9.17) is 23.2 Å². The van der Waals surface area contributed by atoms with Crippen molar-refractivity contribution >= 4 is 41.5 Å². The van der Waals surface area contributed by atoms with E-state index in [-0.39, 0.29) is 24.4 Å². The molecule has 1 unspecified atom stereocenters. The summed E-state index contributed by atoms with van der Waals surface area (Å²) in [5, 5.41) is 7.52. The number of carbonyl (C=O) groups excluding carboxylic acids is 1. The van der Waals surface area contributed by atoms with Gasteiger partial charge in [-0.1, -0.05) is 29.3 Å². The highest BCUT2D eigenvalue weighted by molar-refractivity contribution is 6.35. The Morgan fingerprint density at radius 3 is 2.67 bits per heavy atom. The first-order valence-corrected chi connectivity index (χ1v) is 7.77. The topological polar surface area (TPSA) is 41.1 Å². The second kappa shape index (κ2) is 8.84. The van der Waals surface area contributed by atoms with Crippen LogP contribution in [0.25, 0.3) is 0 Å². The molecule has 1 atom stereocenters. The summed E-state index contributed by atoms with van der Waals surface area (Å²) in [4.78, 5) is 12.1. The molecular weight excluding hydrogens is 331 g/mol. The largest absolute Gasteiger partial charge is 0.350 e. The molecule has 0 bridgehead atoms. The number of rotatable bonds is 4. The molecule has 1 aromatic carbocycles. The van der Waals surface area contributed by atoms with Crippen molar-refractivity contribution in [2.75, 3.05) is 13.1 Å². The first-order valence-electron chi connectivity index (χ1n) is 7.01. The van der Waals surface area contributed by atoms with Crippen molar-refractivity contribution < 1.29 is 4.79 Å². The van der Waals surface area contributed by atoms with Gasteiger partial charge in [-0.15, -0.1) is 12.4 Å². The molecule has 2 N–H and O–H groups in total. The van der Waals surface area contributed by atoms with Crippen LogP contribution in [-0.2, 0) is 4.79 Å². The molecule has 6 heteroatoms. The molecule has 0 aromatic heterocycles. The molecule has 1 amide bonds. The van der Waals surface area contributed by atoms with Gasteiger partial charge in [0.15, 0.2) is 0 Å². The molecule has 1 saturated heterocycles. The van der Waals surface area contributed by atoms with Gasteiger partial charge in [0, 0.05) is 16.5 Å². The van der Waals surface area contributed by atoms with Crippen LogP contribution in [0, 0.1) is 5.92 Å². The molecule has 0 radical (unpaired) electrons. The highest BCUT2D eigenvalue weighted by Crippen LogP contribution is 2.26. The number of hydrogen-bond donors (Lipinski definition) is 2. The lowest BCUT2D eigenvalue weighted by atomic mass is 9.94. The van der Waals surface area contributed by atoms with Crippen LogP contribution in [-0.4, -0.2) is 19.0 Å². The van der Waals surface area contributed by atoms with Gasteiger partial charge in [0.05, 0.1) is 6.04 Å². The lowest BCUT2D eigenvalue weighted by molar-refractivity contribution is -0.122. The minimum Gasteiger partial charge on any atom is -0.350 e.